The van der Waals surface area contributed by atoms with Gasteiger partial charge in [0.05, 0.1) is 7.11 Å². The van der Waals surface area contributed by atoms with Crippen molar-refractivity contribution in [3.8, 4) is 5.75 Å². The van der Waals surface area contributed by atoms with Crippen molar-refractivity contribution < 1.29 is 4.74 Å². The summed E-state index contributed by atoms with van der Waals surface area (Å²) >= 11 is 1.42. The zero-order valence-corrected chi connectivity index (χ0v) is 12.3. The van der Waals surface area contributed by atoms with Crippen LogP contribution in [0, 0.1) is 5.92 Å². The molecule has 0 aliphatic heterocycles. The Balaban J connectivity index is 1.99. The molecule has 0 saturated carbocycles. The summed E-state index contributed by atoms with van der Waals surface area (Å²) < 4.78 is 9.58. The van der Waals surface area contributed by atoms with Gasteiger partial charge in [0.15, 0.2) is 0 Å². The lowest BCUT2D eigenvalue weighted by molar-refractivity contribution is 0.414. The van der Waals surface area contributed by atoms with Crippen molar-refractivity contribution >= 4 is 16.7 Å². The Kier molecular flexibility index (Phi) is 4.74. The third-order valence-corrected chi connectivity index (χ3v) is 3.34. The van der Waals surface area contributed by atoms with Crippen LogP contribution in [0.5, 0.6) is 5.75 Å². The van der Waals surface area contributed by atoms with Crippen molar-refractivity contribution in [3.05, 3.63) is 35.7 Å². The number of nitrogens with one attached hydrogen (secondary N) is 1. The van der Waals surface area contributed by atoms with E-state index in [2.05, 4.69) is 34.6 Å². The molecule has 5 heteroatoms. The Hall–Kier alpha value is -1.62. The van der Waals surface area contributed by atoms with E-state index in [0.717, 1.165) is 35.2 Å². The normalized spacial score (nSPS) is 10.7. The molecule has 0 atom stereocenters. The summed E-state index contributed by atoms with van der Waals surface area (Å²) in [6, 6.07) is 8.00. The smallest absolute Gasteiger partial charge is 0.202 e. The summed E-state index contributed by atoms with van der Waals surface area (Å²) in [4.78, 5) is 4.49. The maximum absolute atomic E-state index is 5.21. The van der Waals surface area contributed by atoms with E-state index in [9.17, 15) is 0 Å². The standard InChI is InChI=1S/C14H19N3OS/c1-10(2)9-15-14-16-13(17-19-14)8-11-5-4-6-12(7-11)18-3/h4-7,10H,8-9H2,1-3H3,(H,15,16,17). The Labute approximate surface area is 118 Å². The average molecular weight is 277 g/mol. The largest absolute Gasteiger partial charge is 0.497 e. The molecule has 0 unspecified atom stereocenters. The van der Waals surface area contributed by atoms with Gasteiger partial charge < -0.3 is 10.1 Å². The van der Waals surface area contributed by atoms with Crippen LogP contribution in [0.15, 0.2) is 24.3 Å². The molecule has 0 radical (unpaired) electrons. The lowest BCUT2D eigenvalue weighted by atomic mass is 10.1. The highest BCUT2D eigenvalue weighted by molar-refractivity contribution is 7.09. The number of rotatable bonds is 6. The summed E-state index contributed by atoms with van der Waals surface area (Å²) in [6.45, 7) is 5.27. The van der Waals surface area contributed by atoms with Gasteiger partial charge in [-0.1, -0.05) is 26.0 Å². The highest BCUT2D eigenvalue weighted by Crippen LogP contribution is 2.17. The highest BCUT2D eigenvalue weighted by Gasteiger charge is 2.06. The summed E-state index contributed by atoms with van der Waals surface area (Å²) in [6.07, 6.45) is 0.733. The van der Waals surface area contributed by atoms with Gasteiger partial charge in [-0.25, -0.2) is 4.98 Å². The van der Waals surface area contributed by atoms with Crippen molar-refractivity contribution in [2.45, 2.75) is 20.3 Å². The topological polar surface area (TPSA) is 47.0 Å². The third kappa shape index (κ3) is 4.21. The molecule has 0 saturated heterocycles. The fourth-order valence-corrected chi connectivity index (χ4v) is 2.25. The number of anilines is 1. The highest BCUT2D eigenvalue weighted by atomic mass is 32.1. The van der Waals surface area contributed by atoms with Gasteiger partial charge in [-0.15, -0.1) is 0 Å². The van der Waals surface area contributed by atoms with E-state index < -0.39 is 0 Å². The molecule has 102 valence electrons. The second-order valence-corrected chi connectivity index (χ2v) is 5.57. The number of nitrogens with zero attached hydrogens (tertiary/aromatic N) is 2. The van der Waals surface area contributed by atoms with E-state index in [1.54, 1.807) is 7.11 Å². The molecule has 1 aromatic heterocycles. The molecule has 1 N–H and O–H groups in total. The van der Waals surface area contributed by atoms with Gasteiger partial charge in [0.1, 0.15) is 11.6 Å². The molecule has 1 heterocycles. The monoisotopic (exact) mass is 277 g/mol. The van der Waals surface area contributed by atoms with Crippen LogP contribution in [-0.4, -0.2) is 23.0 Å². The van der Waals surface area contributed by atoms with Crippen LogP contribution in [0.4, 0.5) is 5.13 Å². The average Bonchev–Trinajstić information content (AvgIpc) is 2.84. The Morgan fingerprint density at radius 3 is 2.95 bits per heavy atom. The number of ether oxygens (including phenoxy) is 1. The zero-order valence-electron chi connectivity index (χ0n) is 11.5. The van der Waals surface area contributed by atoms with Crippen molar-refractivity contribution in [2.24, 2.45) is 5.92 Å². The Morgan fingerprint density at radius 2 is 2.21 bits per heavy atom. The predicted octanol–water partition coefficient (Wildman–Crippen LogP) is 3.21. The summed E-state index contributed by atoms with van der Waals surface area (Å²) in [5.41, 5.74) is 1.16. The number of hydrogen-bond donors (Lipinski definition) is 1. The van der Waals surface area contributed by atoms with Crippen LogP contribution in [-0.2, 0) is 6.42 Å². The van der Waals surface area contributed by atoms with Gasteiger partial charge in [0.25, 0.3) is 0 Å². The summed E-state index contributed by atoms with van der Waals surface area (Å²) in [5, 5.41) is 4.19. The van der Waals surface area contributed by atoms with Crippen molar-refractivity contribution in [1.82, 2.24) is 9.36 Å². The molecule has 1 aromatic carbocycles. The van der Waals surface area contributed by atoms with Gasteiger partial charge in [0.2, 0.25) is 5.13 Å². The first-order chi connectivity index (χ1) is 9.17. The molecular formula is C14H19N3OS. The third-order valence-electron chi connectivity index (χ3n) is 2.63. The first-order valence-electron chi connectivity index (χ1n) is 6.36. The van der Waals surface area contributed by atoms with Gasteiger partial charge in [0, 0.05) is 24.5 Å². The van der Waals surface area contributed by atoms with E-state index in [1.807, 2.05) is 18.2 Å². The lowest BCUT2D eigenvalue weighted by Crippen LogP contribution is -2.07. The zero-order chi connectivity index (χ0) is 13.7. The maximum atomic E-state index is 5.21. The molecule has 0 aliphatic carbocycles. The van der Waals surface area contributed by atoms with E-state index in [0.29, 0.717) is 5.92 Å². The fourth-order valence-electron chi connectivity index (χ4n) is 1.65. The minimum absolute atomic E-state index is 0.603. The fraction of sp³-hybridized carbons (Fsp3) is 0.429. The first-order valence-corrected chi connectivity index (χ1v) is 7.14. The molecule has 0 amide bonds. The van der Waals surface area contributed by atoms with Crippen LogP contribution in [0.1, 0.15) is 25.2 Å². The number of hydrogen-bond acceptors (Lipinski definition) is 5. The lowest BCUT2D eigenvalue weighted by Gasteiger charge is -2.04. The minimum atomic E-state index is 0.603. The van der Waals surface area contributed by atoms with E-state index in [-0.39, 0.29) is 0 Å². The molecule has 0 fully saturated rings. The molecule has 0 spiro atoms. The van der Waals surface area contributed by atoms with Gasteiger partial charge in [-0.3, -0.25) is 0 Å². The molecule has 0 bridgehead atoms. The Bertz CT molecular complexity index is 525. The molecular weight excluding hydrogens is 258 g/mol. The van der Waals surface area contributed by atoms with Gasteiger partial charge in [-0.05, 0) is 23.6 Å². The van der Waals surface area contributed by atoms with Crippen LogP contribution in [0.3, 0.4) is 0 Å². The number of aromatic nitrogens is 2. The quantitative estimate of drug-likeness (QED) is 0.880. The molecule has 2 aromatic rings. The number of methoxy groups -OCH3 is 1. The van der Waals surface area contributed by atoms with Crippen LogP contribution < -0.4 is 10.1 Å². The molecule has 4 nitrogen and oxygen atoms in total. The van der Waals surface area contributed by atoms with Gasteiger partial charge >= 0.3 is 0 Å². The SMILES string of the molecule is COc1cccc(Cc2nsc(NCC(C)C)n2)c1. The Morgan fingerprint density at radius 1 is 1.37 bits per heavy atom. The first kappa shape index (κ1) is 13.8. The van der Waals surface area contributed by atoms with Crippen LogP contribution >= 0.6 is 11.5 Å². The maximum Gasteiger partial charge on any atom is 0.202 e. The number of benzene rings is 1. The van der Waals surface area contributed by atoms with Crippen LogP contribution in [0.25, 0.3) is 0 Å². The second kappa shape index (κ2) is 6.52. The molecule has 2 rings (SSSR count). The van der Waals surface area contributed by atoms with E-state index in [1.165, 1.54) is 11.5 Å². The van der Waals surface area contributed by atoms with Gasteiger partial charge in [-0.2, -0.15) is 4.37 Å². The van der Waals surface area contributed by atoms with Crippen molar-refractivity contribution in [3.63, 3.8) is 0 Å². The minimum Gasteiger partial charge on any atom is -0.497 e. The predicted molar refractivity (Wildman–Crippen MR) is 79.0 cm³/mol. The molecule has 0 aliphatic rings. The summed E-state index contributed by atoms with van der Waals surface area (Å²) in [5.74, 6) is 2.32. The summed E-state index contributed by atoms with van der Waals surface area (Å²) in [7, 11) is 1.67. The van der Waals surface area contributed by atoms with Crippen molar-refractivity contribution in [2.75, 3.05) is 19.0 Å². The van der Waals surface area contributed by atoms with Crippen LogP contribution in [0.2, 0.25) is 0 Å². The second-order valence-electron chi connectivity index (χ2n) is 4.82. The van der Waals surface area contributed by atoms with E-state index in [4.69, 9.17) is 4.74 Å². The molecule has 19 heavy (non-hydrogen) atoms. The van der Waals surface area contributed by atoms with E-state index >= 15 is 0 Å². The van der Waals surface area contributed by atoms with Crippen molar-refractivity contribution in [1.29, 1.82) is 0 Å².